The predicted octanol–water partition coefficient (Wildman–Crippen LogP) is 3.07. The molecule has 1 aromatic heterocycles. The van der Waals surface area contributed by atoms with Crippen molar-refractivity contribution in [1.29, 1.82) is 0 Å². The average Bonchev–Trinajstić information content (AvgIpc) is 2.47. The van der Waals surface area contributed by atoms with Crippen molar-refractivity contribution in [3.8, 4) is 11.8 Å². The van der Waals surface area contributed by atoms with Gasteiger partial charge >= 0.3 is 6.01 Å². The number of nitrogens with one attached hydrogen (secondary N) is 1. The highest BCUT2D eigenvalue weighted by Gasteiger charge is 2.05. The van der Waals surface area contributed by atoms with Crippen LogP contribution in [0.3, 0.4) is 0 Å². The van der Waals surface area contributed by atoms with Crippen molar-refractivity contribution in [2.24, 2.45) is 5.73 Å². The van der Waals surface area contributed by atoms with Crippen LogP contribution in [-0.4, -0.2) is 21.9 Å². The number of rotatable bonds is 6. The highest BCUT2D eigenvalue weighted by atomic mass is 35.5. The van der Waals surface area contributed by atoms with Crippen molar-refractivity contribution in [2.75, 3.05) is 5.32 Å². The van der Waals surface area contributed by atoms with E-state index in [9.17, 15) is 4.79 Å². The molecule has 1 amide bonds. The summed E-state index contributed by atoms with van der Waals surface area (Å²) in [7, 11) is 0. The van der Waals surface area contributed by atoms with E-state index in [2.05, 4.69) is 15.3 Å². The Balaban J connectivity index is 0.00000264. The minimum Gasteiger partial charge on any atom is -0.424 e. The topological polar surface area (TPSA) is 90.1 Å². The van der Waals surface area contributed by atoms with Gasteiger partial charge in [0.05, 0.1) is 0 Å². The number of nitrogens with two attached hydrogens (primary N) is 1. The first-order valence-corrected chi connectivity index (χ1v) is 7.16. The number of halogens is 1. The Morgan fingerprint density at radius 2 is 2.00 bits per heavy atom. The number of aryl methyl sites for hydroxylation is 1. The van der Waals surface area contributed by atoms with E-state index in [4.69, 9.17) is 10.5 Å². The molecule has 1 aromatic carbocycles. The van der Waals surface area contributed by atoms with Crippen LogP contribution in [0.15, 0.2) is 36.5 Å². The van der Waals surface area contributed by atoms with E-state index in [0.717, 1.165) is 5.69 Å². The first kappa shape index (κ1) is 18.9. The summed E-state index contributed by atoms with van der Waals surface area (Å²) in [5, 5.41) is 2.82. The summed E-state index contributed by atoms with van der Waals surface area (Å²) in [5.41, 5.74) is 7.18. The van der Waals surface area contributed by atoms with Crippen LogP contribution in [0, 0.1) is 6.92 Å². The largest absolute Gasteiger partial charge is 0.424 e. The van der Waals surface area contributed by atoms with Crippen LogP contribution >= 0.6 is 12.4 Å². The molecule has 0 aliphatic heterocycles. The molecule has 7 heteroatoms. The first-order chi connectivity index (χ1) is 10.5. The maximum absolute atomic E-state index is 11.7. The third kappa shape index (κ3) is 6.63. The molecule has 0 saturated carbocycles. The van der Waals surface area contributed by atoms with Gasteiger partial charge in [-0.2, -0.15) is 0 Å². The summed E-state index contributed by atoms with van der Waals surface area (Å²) in [6.45, 7) is 3.75. The molecule has 0 spiro atoms. The van der Waals surface area contributed by atoms with Gasteiger partial charge in [-0.05, 0) is 50.6 Å². The zero-order valence-electron chi connectivity index (χ0n) is 13.2. The zero-order chi connectivity index (χ0) is 15.9. The number of nitrogens with zero attached hydrogens (tertiary/aromatic N) is 2. The van der Waals surface area contributed by atoms with Gasteiger partial charge in [0.15, 0.2) is 0 Å². The van der Waals surface area contributed by atoms with Gasteiger partial charge in [0.2, 0.25) is 5.91 Å². The second kappa shape index (κ2) is 9.07. The summed E-state index contributed by atoms with van der Waals surface area (Å²) >= 11 is 0. The monoisotopic (exact) mass is 336 g/mol. The van der Waals surface area contributed by atoms with Crippen LogP contribution in [0.25, 0.3) is 0 Å². The Morgan fingerprint density at radius 1 is 1.30 bits per heavy atom. The first-order valence-electron chi connectivity index (χ1n) is 7.16. The molecule has 1 heterocycles. The molecule has 1 unspecified atom stereocenters. The highest BCUT2D eigenvalue weighted by Crippen LogP contribution is 2.20. The van der Waals surface area contributed by atoms with Crippen molar-refractivity contribution in [3.05, 3.63) is 42.2 Å². The number of carbonyl (C=O) groups excluding carboxylic acids is 1. The lowest BCUT2D eigenvalue weighted by atomic mass is 10.2. The smallest absolute Gasteiger partial charge is 0.322 e. The van der Waals surface area contributed by atoms with Crippen molar-refractivity contribution in [3.63, 3.8) is 0 Å². The van der Waals surface area contributed by atoms with Gasteiger partial charge in [0.25, 0.3) is 0 Å². The highest BCUT2D eigenvalue weighted by molar-refractivity contribution is 5.90. The lowest BCUT2D eigenvalue weighted by molar-refractivity contribution is -0.116. The van der Waals surface area contributed by atoms with E-state index >= 15 is 0 Å². The number of ether oxygens (including phenoxy) is 1. The van der Waals surface area contributed by atoms with Crippen molar-refractivity contribution in [2.45, 2.75) is 32.7 Å². The molecule has 0 saturated heterocycles. The fraction of sp³-hybridized carbons (Fsp3) is 0.312. The molecule has 6 nitrogen and oxygen atoms in total. The minimum atomic E-state index is -0.0482. The van der Waals surface area contributed by atoms with Gasteiger partial charge in [0, 0.05) is 30.0 Å². The van der Waals surface area contributed by atoms with Gasteiger partial charge in [-0.1, -0.05) is 0 Å². The Labute approximate surface area is 141 Å². The Kier molecular flexibility index (Phi) is 7.44. The standard InChI is InChI=1S/C16H20N4O2.ClH/c1-11(17)3-8-15(21)20-13-4-6-14(7-5-13)22-16-18-10-9-12(2)19-16;/h4-7,9-11H,3,8,17H2,1-2H3,(H,20,21);1H. The van der Waals surface area contributed by atoms with Crippen LogP contribution in [0.4, 0.5) is 5.69 Å². The maximum Gasteiger partial charge on any atom is 0.322 e. The molecule has 2 rings (SSSR count). The average molecular weight is 337 g/mol. The van der Waals surface area contributed by atoms with Crippen LogP contribution in [-0.2, 0) is 4.79 Å². The normalized spacial score (nSPS) is 11.3. The van der Waals surface area contributed by atoms with E-state index in [1.165, 1.54) is 0 Å². The second-order valence-corrected chi connectivity index (χ2v) is 5.17. The molecule has 2 aromatic rings. The fourth-order valence-electron chi connectivity index (χ4n) is 1.77. The Morgan fingerprint density at radius 3 is 2.61 bits per heavy atom. The van der Waals surface area contributed by atoms with E-state index < -0.39 is 0 Å². The number of hydrogen-bond acceptors (Lipinski definition) is 5. The molecule has 23 heavy (non-hydrogen) atoms. The molecule has 124 valence electrons. The fourth-order valence-corrected chi connectivity index (χ4v) is 1.77. The molecule has 3 N–H and O–H groups in total. The lowest BCUT2D eigenvalue weighted by Gasteiger charge is -2.08. The molecule has 0 fully saturated rings. The lowest BCUT2D eigenvalue weighted by Crippen LogP contribution is -2.19. The summed E-state index contributed by atoms with van der Waals surface area (Å²) < 4.78 is 5.55. The molecule has 1 atom stereocenters. The van der Waals surface area contributed by atoms with Crippen LogP contribution in [0.2, 0.25) is 0 Å². The number of benzene rings is 1. The van der Waals surface area contributed by atoms with E-state index in [-0.39, 0.29) is 24.4 Å². The van der Waals surface area contributed by atoms with Crippen molar-refractivity contribution < 1.29 is 9.53 Å². The molecule has 0 radical (unpaired) electrons. The molecule has 0 aliphatic rings. The number of carbonyl (C=O) groups is 1. The van der Waals surface area contributed by atoms with Gasteiger partial charge in [-0.3, -0.25) is 4.79 Å². The molecular weight excluding hydrogens is 316 g/mol. The molecule has 0 aliphatic carbocycles. The maximum atomic E-state index is 11.7. The number of hydrogen-bond donors (Lipinski definition) is 2. The zero-order valence-corrected chi connectivity index (χ0v) is 14.0. The van der Waals surface area contributed by atoms with Crippen LogP contribution in [0.5, 0.6) is 11.8 Å². The molecular formula is C16H21ClN4O2. The predicted molar refractivity (Wildman–Crippen MR) is 92.0 cm³/mol. The summed E-state index contributed by atoms with van der Waals surface area (Å²) in [6, 6.07) is 9.18. The summed E-state index contributed by atoms with van der Waals surface area (Å²) in [5.74, 6) is 0.562. The van der Waals surface area contributed by atoms with E-state index in [0.29, 0.717) is 30.3 Å². The van der Waals surface area contributed by atoms with Gasteiger partial charge < -0.3 is 15.8 Å². The quantitative estimate of drug-likeness (QED) is 0.846. The molecule has 0 bridgehead atoms. The summed E-state index contributed by atoms with van der Waals surface area (Å²) in [6.07, 6.45) is 2.72. The Bertz CT molecular complexity index is 632. The van der Waals surface area contributed by atoms with Gasteiger partial charge in [0.1, 0.15) is 5.75 Å². The third-order valence-corrected chi connectivity index (χ3v) is 2.95. The van der Waals surface area contributed by atoms with Crippen molar-refractivity contribution >= 4 is 24.0 Å². The SMILES string of the molecule is Cc1ccnc(Oc2ccc(NC(=O)CCC(C)N)cc2)n1.Cl. The Hall–Kier alpha value is -2.18. The third-order valence-electron chi connectivity index (χ3n) is 2.95. The van der Waals surface area contributed by atoms with E-state index in [1.54, 1.807) is 36.5 Å². The number of aromatic nitrogens is 2. The minimum absolute atomic E-state index is 0. The van der Waals surface area contributed by atoms with Crippen LogP contribution < -0.4 is 15.8 Å². The van der Waals surface area contributed by atoms with E-state index in [1.807, 2.05) is 13.8 Å². The van der Waals surface area contributed by atoms with Crippen LogP contribution in [0.1, 0.15) is 25.5 Å². The van der Waals surface area contributed by atoms with Gasteiger partial charge in [-0.25, -0.2) is 9.97 Å². The van der Waals surface area contributed by atoms with Gasteiger partial charge in [-0.15, -0.1) is 12.4 Å². The second-order valence-electron chi connectivity index (χ2n) is 5.17. The number of anilines is 1. The number of amides is 1. The summed E-state index contributed by atoms with van der Waals surface area (Å²) in [4.78, 5) is 19.9. The van der Waals surface area contributed by atoms with Crippen molar-refractivity contribution in [1.82, 2.24) is 9.97 Å².